The number of aliphatic carboxylic acids is 1. The molecule has 45 heavy (non-hydrogen) atoms. The molecule has 3 heterocycles. The molecule has 1 saturated heterocycles. The molecule has 1 amide bonds. The summed E-state index contributed by atoms with van der Waals surface area (Å²) in [5.74, 6) is 1.02. The summed E-state index contributed by atoms with van der Waals surface area (Å²) in [6.07, 6.45) is 5.00. The van der Waals surface area contributed by atoms with E-state index in [4.69, 9.17) is 23.7 Å². The highest BCUT2D eigenvalue weighted by molar-refractivity contribution is 5.79. The number of carboxylic acids is 1. The monoisotopic (exact) mass is 625 g/mol. The van der Waals surface area contributed by atoms with Gasteiger partial charge in [-0.05, 0) is 82.1 Å². The predicted octanol–water partition coefficient (Wildman–Crippen LogP) is 4.22. The van der Waals surface area contributed by atoms with Gasteiger partial charge in [-0.25, -0.2) is 0 Å². The highest BCUT2D eigenvalue weighted by Crippen LogP contribution is 2.47. The molecule has 0 saturated carbocycles. The van der Waals surface area contributed by atoms with Crippen molar-refractivity contribution in [2.24, 2.45) is 5.92 Å². The normalized spacial score (nSPS) is 20.2. The van der Waals surface area contributed by atoms with Gasteiger partial charge in [0.2, 0.25) is 25.2 Å². The predicted molar refractivity (Wildman–Crippen MR) is 169 cm³/mol. The standard InChI is InChI=1S/C34H47N3O8/c1-5-6-15-36(16-8-7-14-35(2)3)30(38)20-37-19-25(24-17-28(41-4)33-29(18-24)43-22-45-33)31(34(39)40)26(37)13-12-23-10-9-11-27-32(23)44-21-42-27/h9-11,17-18,25-26,31H,5-8,12-16,19-22H2,1-4H3,(H,39,40). The number of rotatable bonds is 16. The van der Waals surface area contributed by atoms with E-state index in [1.165, 1.54) is 0 Å². The number of likely N-dealkylation sites (tertiary alicyclic amines) is 1. The first kappa shape index (κ1) is 32.7. The second-order valence-corrected chi connectivity index (χ2v) is 12.4. The third kappa shape index (κ3) is 7.58. The quantitative estimate of drug-likeness (QED) is 0.272. The molecular formula is C34H47N3O8. The minimum atomic E-state index is -0.888. The molecule has 5 rings (SSSR count). The molecule has 0 aromatic heterocycles. The van der Waals surface area contributed by atoms with E-state index in [1.54, 1.807) is 7.11 Å². The molecule has 2 aromatic rings. The third-order valence-electron chi connectivity index (χ3n) is 9.09. The zero-order valence-corrected chi connectivity index (χ0v) is 27.0. The lowest BCUT2D eigenvalue weighted by molar-refractivity contribution is -0.143. The van der Waals surface area contributed by atoms with E-state index in [-0.39, 0.29) is 38.0 Å². The summed E-state index contributed by atoms with van der Waals surface area (Å²) in [5, 5.41) is 10.7. The van der Waals surface area contributed by atoms with Gasteiger partial charge in [-0.15, -0.1) is 0 Å². The van der Waals surface area contributed by atoms with E-state index in [9.17, 15) is 14.7 Å². The van der Waals surface area contributed by atoms with E-state index in [1.807, 2.05) is 35.2 Å². The number of hydrogen-bond donors (Lipinski definition) is 1. The Morgan fingerprint density at radius 1 is 0.978 bits per heavy atom. The number of ether oxygens (including phenoxy) is 5. The summed E-state index contributed by atoms with van der Waals surface area (Å²) in [4.78, 5) is 33.2. The van der Waals surface area contributed by atoms with Gasteiger partial charge in [-0.2, -0.15) is 0 Å². The second-order valence-electron chi connectivity index (χ2n) is 12.4. The van der Waals surface area contributed by atoms with Crippen molar-refractivity contribution in [1.82, 2.24) is 14.7 Å². The summed E-state index contributed by atoms with van der Waals surface area (Å²) in [6, 6.07) is 9.13. The minimum Gasteiger partial charge on any atom is -0.493 e. The van der Waals surface area contributed by atoms with Crippen LogP contribution in [0.5, 0.6) is 28.7 Å². The summed E-state index contributed by atoms with van der Waals surface area (Å²) >= 11 is 0. The molecule has 3 aliphatic heterocycles. The van der Waals surface area contributed by atoms with E-state index in [2.05, 4.69) is 30.8 Å². The number of unbranched alkanes of at least 4 members (excludes halogenated alkanes) is 2. The fraction of sp³-hybridized carbons (Fsp3) is 0.588. The van der Waals surface area contributed by atoms with Crippen molar-refractivity contribution < 1.29 is 38.4 Å². The van der Waals surface area contributed by atoms with Crippen LogP contribution in [0.25, 0.3) is 0 Å². The highest BCUT2D eigenvalue weighted by atomic mass is 16.7. The van der Waals surface area contributed by atoms with Gasteiger partial charge in [0.1, 0.15) is 0 Å². The number of fused-ring (bicyclic) bond motifs is 2. The maximum absolute atomic E-state index is 13.9. The van der Waals surface area contributed by atoms with Crippen molar-refractivity contribution in [3.05, 3.63) is 41.5 Å². The molecule has 11 nitrogen and oxygen atoms in total. The molecule has 0 aliphatic carbocycles. The molecule has 1 fully saturated rings. The van der Waals surface area contributed by atoms with Gasteiger partial charge >= 0.3 is 5.97 Å². The van der Waals surface area contributed by atoms with Crippen LogP contribution in [0, 0.1) is 5.92 Å². The number of aryl methyl sites for hydroxylation is 1. The Morgan fingerprint density at radius 2 is 1.71 bits per heavy atom. The van der Waals surface area contributed by atoms with Gasteiger partial charge in [0, 0.05) is 31.6 Å². The van der Waals surface area contributed by atoms with Crippen LogP contribution in [0.1, 0.15) is 56.1 Å². The van der Waals surface area contributed by atoms with Crippen molar-refractivity contribution in [1.29, 1.82) is 0 Å². The Balaban J connectivity index is 1.41. The second kappa shape index (κ2) is 15.1. The van der Waals surface area contributed by atoms with Crippen LogP contribution in [0.15, 0.2) is 30.3 Å². The number of carbonyl (C=O) groups is 2. The van der Waals surface area contributed by atoms with E-state index >= 15 is 0 Å². The average Bonchev–Trinajstić information content (AvgIpc) is 3.77. The molecule has 0 spiro atoms. The number of carbonyl (C=O) groups excluding carboxylic acids is 1. The number of benzene rings is 2. The molecule has 3 atom stereocenters. The molecule has 3 unspecified atom stereocenters. The van der Waals surface area contributed by atoms with E-state index in [0.717, 1.165) is 43.4 Å². The van der Waals surface area contributed by atoms with Crippen LogP contribution in [0.3, 0.4) is 0 Å². The van der Waals surface area contributed by atoms with Crippen LogP contribution < -0.4 is 23.7 Å². The van der Waals surface area contributed by atoms with Gasteiger partial charge in [-0.3, -0.25) is 14.5 Å². The van der Waals surface area contributed by atoms with Crippen molar-refractivity contribution in [2.45, 2.75) is 57.4 Å². The number of para-hydroxylation sites is 1. The summed E-state index contributed by atoms with van der Waals surface area (Å²) < 4.78 is 28.2. The third-order valence-corrected chi connectivity index (χ3v) is 9.09. The fourth-order valence-corrected chi connectivity index (χ4v) is 6.76. The van der Waals surface area contributed by atoms with E-state index in [0.29, 0.717) is 61.2 Å². The first-order valence-electron chi connectivity index (χ1n) is 16.0. The summed E-state index contributed by atoms with van der Waals surface area (Å²) in [7, 11) is 5.68. The number of amides is 1. The first-order chi connectivity index (χ1) is 21.8. The molecule has 0 bridgehead atoms. The van der Waals surface area contributed by atoms with Gasteiger partial charge in [0.15, 0.2) is 23.0 Å². The molecule has 3 aliphatic rings. The maximum Gasteiger partial charge on any atom is 0.308 e. The smallest absolute Gasteiger partial charge is 0.308 e. The fourth-order valence-electron chi connectivity index (χ4n) is 6.76. The Labute approximate surface area is 265 Å². The van der Waals surface area contributed by atoms with Crippen molar-refractivity contribution in [3.8, 4) is 28.7 Å². The van der Waals surface area contributed by atoms with Crippen LogP contribution in [-0.2, 0) is 16.0 Å². The lowest BCUT2D eigenvalue weighted by Crippen LogP contribution is -2.45. The average molecular weight is 626 g/mol. The largest absolute Gasteiger partial charge is 0.493 e. The van der Waals surface area contributed by atoms with Crippen molar-refractivity contribution in [3.63, 3.8) is 0 Å². The molecule has 0 radical (unpaired) electrons. The topological polar surface area (TPSA) is 110 Å². The van der Waals surface area contributed by atoms with Crippen LogP contribution in [0.2, 0.25) is 0 Å². The number of hydrogen-bond acceptors (Lipinski definition) is 9. The minimum absolute atomic E-state index is 0.0451. The SMILES string of the molecule is CCCCN(CCCCN(C)C)C(=O)CN1CC(c2cc(OC)c3c(c2)OCO3)C(C(=O)O)C1CCc1cccc2c1OCO2. The Kier molecular flexibility index (Phi) is 10.9. The van der Waals surface area contributed by atoms with Crippen LogP contribution in [-0.4, -0.2) is 105 Å². The number of nitrogens with zero attached hydrogens (tertiary/aromatic N) is 3. The lowest BCUT2D eigenvalue weighted by atomic mass is 9.83. The molecular weight excluding hydrogens is 578 g/mol. The number of methoxy groups -OCH3 is 1. The van der Waals surface area contributed by atoms with E-state index < -0.39 is 11.9 Å². The Bertz CT molecular complexity index is 1330. The lowest BCUT2D eigenvalue weighted by Gasteiger charge is -2.30. The van der Waals surface area contributed by atoms with Gasteiger partial charge in [0.05, 0.1) is 19.6 Å². The van der Waals surface area contributed by atoms with Gasteiger partial charge < -0.3 is 38.6 Å². The summed E-state index contributed by atoms with van der Waals surface area (Å²) in [6.45, 7) is 5.34. The maximum atomic E-state index is 13.9. The number of carboxylic acid groups (broad SMARTS) is 1. The zero-order chi connectivity index (χ0) is 31.9. The van der Waals surface area contributed by atoms with Crippen LogP contribution in [0.4, 0.5) is 0 Å². The Hall–Kier alpha value is -3.70. The molecule has 2 aromatic carbocycles. The first-order valence-corrected chi connectivity index (χ1v) is 16.0. The Morgan fingerprint density at radius 3 is 2.44 bits per heavy atom. The summed E-state index contributed by atoms with van der Waals surface area (Å²) in [5.41, 5.74) is 1.77. The molecule has 246 valence electrons. The zero-order valence-electron chi connectivity index (χ0n) is 27.0. The van der Waals surface area contributed by atoms with Crippen molar-refractivity contribution >= 4 is 11.9 Å². The van der Waals surface area contributed by atoms with Crippen molar-refractivity contribution in [2.75, 3.05) is 67.5 Å². The van der Waals surface area contributed by atoms with Gasteiger partial charge in [-0.1, -0.05) is 25.5 Å². The highest BCUT2D eigenvalue weighted by Gasteiger charge is 2.47. The molecule has 11 heteroatoms. The van der Waals surface area contributed by atoms with Gasteiger partial charge in [0.25, 0.3) is 0 Å². The molecule has 1 N–H and O–H groups in total. The van der Waals surface area contributed by atoms with Crippen LogP contribution >= 0.6 is 0 Å².